The molecule has 0 amide bonds. The van der Waals surface area contributed by atoms with Crippen molar-refractivity contribution in [3.05, 3.63) is 46.3 Å². The Morgan fingerprint density at radius 1 is 0.855 bits per heavy atom. The van der Waals surface area contributed by atoms with Gasteiger partial charge in [0.1, 0.15) is 11.7 Å². The van der Waals surface area contributed by atoms with Gasteiger partial charge in [-0.15, -0.1) is 10.2 Å². The summed E-state index contributed by atoms with van der Waals surface area (Å²) in [7, 11) is 0. The van der Waals surface area contributed by atoms with Crippen LogP contribution in [0.25, 0.3) is 11.5 Å². The standard InChI is InChI=1S/C47H67ClN2O5/c1-28(2)31-19-24-47(39-50-49-38(54-39)29-13-15-30(48)16-14-29)26-25-45(11)32(37(31)47)17-18-34-44(10)22-21-35(43(8,9)33(44)20-23-46(34,45)12)53-36(51)27-42(6,7)40(52)55-41(3,4)5/h13-16,28,32-35H,17-27H2,1-12H3/t32-,33+,34-,35+,44+,45-,46-,47+/m1/s1. The predicted octanol–water partition coefficient (Wildman–Crippen LogP) is 12.1. The number of esters is 2. The van der Waals surface area contributed by atoms with Crippen LogP contribution in [0.5, 0.6) is 0 Å². The molecule has 5 aliphatic carbocycles. The molecule has 4 saturated carbocycles. The summed E-state index contributed by atoms with van der Waals surface area (Å²) in [4.78, 5) is 26.5. The predicted molar refractivity (Wildman–Crippen MR) is 217 cm³/mol. The second kappa shape index (κ2) is 13.4. The lowest BCUT2D eigenvalue weighted by atomic mass is 9.33. The molecule has 8 atom stereocenters. The van der Waals surface area contributed by atoms with Crippen LogP contribution in [-0.2, 0) is 24.5 Å². The number of hydrogen-bond donors (Lipinski definition) is 0. The van der Waals surface area contributed by atoms with Crippen LogP contribution in [0.2, 0.25) is 5.02 Å². The average molecular weight is 776 g/mol. The molecule has 8 heteroatoms. The Morgan fingerprint density at radius 3 is 2.20 bits per heavy atom. The third kappa shape index (κ3) is 6.43. The monoisotopic (exact) mass is 774 g/mol. The minimum Gasteiger partial charge on any atom is -0.462 e. The second-order valence-corrected chi connectivity index (χ2v) is 22.0. The number of halogens is 1. The number of hydrogen-bond acceptors (Lipinski definition) is 7. The van der Waals surface area contributed by atoms with E-state index in [4.69, 9.17) is 30.6 Å². The van der Waals surface area contributed by atoms with E-state index in [1.807, 2.05) is 45.0 Å². The van der Waals surface area contributed by atoms with E-state index in [2.05, 4.69) is 53.6 Å². The molecule has 0 N–H and O–H groups in total. The molecule has 7 rings (SSSR count). The first-order valence-corrected chi connectivity index (χ1v) is 21.6. The highest BCUT2D eigenvalue weighted by molar-refractivity contribution is 6.30. The smallest absolute Gasteiger partial charge is 0.312 e. The van der Waals surface area contributed by atoms with Crippen LogP contribution in [0.4, 0.5) is 0 Å². The van der Waals surface area contributed by atoms with Crippen molar-refractivity contribution in [2.24, 2.45) is 50.7 Å². The minimum absolute atomic E-state index is 0.0125. The molecule has 2 aromatic rings. The maximum Gasteiger partial charge on any atom is 0.312 e. The Hall–Kier alpha value is -2.67. The Bertz CT molecular complexity index is 1850. The molecule has 302 valence electrons. The molecule has 1 aromatic heterocycles. The molecule has 0 aliphatic heterocycles. The molecule has 4 fully saturated rings. The lowest BCUT2D eigenvalue weighted by Crippen LogP contribution is -2.66. The van der Waals surface area contributed by atoms with Crippen molar-refractivity contribution in [1.29, 1.82) is 0 Å². The molecule has 55 heavy (non-hydrogen) atoms. The van der Waals surface area contributed by atoms with Crippen LogP contribution in [0.3, 0.4) is 0 Å². The van der Waals surface area contributed by atoms with Crippen LogP contribution in [0.1, 0.15) is 160 Å². The van der Waals surface area contributed by atoms with Gasteiger partial charge < -0.3 is 13.9 Å². The summed E-state index contributed by atoms with van der Waals surface area (Å²) in [5.41, 5.74) is 2.68. The van der Waals surface area contributed by atoms with Gasteiger partial charge in [-0.3, -0.25) is 9.59 Å². The number of rotatable bonds is 7. The zero-order chi connectivity index (χ0) is 40.1. The number of ether oxygens (including phenoxy) is 2. The summed E-state index contributed by atoms with van der Waals surface area (Å²) in [5, 5.41) is 10.1. The molecule has 0 saturated heterocycles. The van der Waals surface area contributed by atoms with E-state index in [9.17, 15) is 9.59 Å². The maximum absolute atomic E-state index is 13.5. The quantitative estimate of drug-likeness (QED) is 0.204. The number of allylic oxidation sites excluding steroid dienone is 2. The van der Waals surface area contributed by atoms with E-state index >= 15 is 0 Å². The highest BCUT2D eigenvalue weighted by atomic mass is 35.5. The number of aromatic nitrogens is 2. The number of nitrogens with zero attached hydrogens (tertiary/aromatic N) is 2. The molecule has 0 spiro atoms. The zero-order valence-corrected chi connectivity index (χ0v) is 36.5. The van der Waals surface area contributed by atoms with Crippen molar-refractivity contribution < 1.29 is 23.5 Å². The van der Waals surface area contributed by atoms with Gasteiger partial charge in [-0.2, -0.15) is 0 Å². The first-order chi connectivity index (χ1) is 25.5. The molecule has 0 radical (unpaired) electrons. The fourth-order valence-corrected chi connectivity index (χ4v) is 13.5. The SMILES string of the molecule is CC(C)C1=C2[C@H]3CC[C@@H]4[C@@]5(C)CC[C@H](OC(=O)CC(C)(C)C(=O)OC(C)(C)C)C(C)(C)[C@@H]5CC[C@@]4(C)[C@]3(C)CC[C@@]2(c2nnc(-c3ccc(Cl)cc3)o2)CC1. The van der Waals surface area contributed by atoms with Crippen molar-refractivity contribution in [1.82, 2.24) is 10.2 Å². The summed E-state index contributed by atoms with van der Waals surface area (Å²) < 4.78 is 18.7. The number of fused-ring (bicyclic) bond motifs is 7. The molecular weight excluding hydrogens is 708 g/mol. The van der Waals surface area contributed by atoms with Gasteiger partial charge in [-0.1, -0.05) is 71.2 Å². The normalized spacial score (nSPS) is 35.7. The van der Waals surface area contributed by atoms with E-state index < -0.39 is 11.0 Å². The fraction of sp³-hybridized carbons (Fsp3) is 0.745. The van der Waals surface area contributed by atoms with E-state index in [-0.39, 0.29) is 51.5 Å². The van der Waals surface area contributed by atoms with Crippen LogP contribution < -0.4 is 0 Å². The molecule has 5 aliphatic rings. The van der Waals surface area contributed by atoms with Gasteiger partial charge in [0, 0.05) is 16.0 Å². The van der Waals surface area contributed by atoms with Crippen molar-refractivity contribution in [3.8, 4) is 11.5 Å². The largest absolute Gasteiger partial charge is 0.462 e. The first kappa shape index (κ1) is 40.5. The van der Waals surface area contributed by atoms with Crippen LogP contribution >= 0.6 is 11.6 Å². The second-order valence-electron chi connectivity index (χ2n) is 21.6. The Kier molecular flexibility index (Phi) is 9.91. The van der Waals surface area contributed by atoms with Crippen molar-refractivity contribution in [2.75, 3.05) is 0 Å². The fourth-order valence-electron chi connectivity index (χ4n) is 13.4. The molecule has 1 heterocycles. The number of benzene rings is 1. The van der Waals surface area contributed by atoms with Gasteiger partial charge in [0.15, 0.2) is 0 Å². The summed E-state index contributed by atoms with van der Waals surface area (Å²) in [6.45, 7) is 26.5. The Labute approximate surface area is 335 Å². The molecule has 1 aromatic carbocycles. The van der Waals surface area contributed by atoms with E-state index in [1.165, 1.54) is 19.3 Å². The van der Waals surface area contributed by atoms with E-state index in [0.717, 1.165) is 56.4 Å². The summed E-state index contributed by atoms with van der Waals surface area (Å²) >= 11 is 6.21. The van der Waals surface area contributed by atoms with Gasteiger partial charge in [0.05, 0.1) is 17.3 Å². The number of carbonyl (C=O) groups is 2. The van der Waals surface area contributed by atoms with E-state index in [1.54, 1.807) is 25.0 Å². The zero-order valence-electron chi connectivity index (χ0n) is 35.8. The van der Waals surface area contributed by atoms with E-state index in [0.29, 0.717) is 34.6 Å². The lowest BCUT2D eigenvalue weighted by Gasteiger charge is -2.72. The maximum atomic E-state index is 13.5. The van der Waals surface area contributed by atoms with Crippen molar-refractivity contribution >= 4 is 23.5 Å². The highest BCUT2D eigenvalue weighted by Gasteiger charge is 2.70. The molecule has 0 bridgehead atoms. The summed E-state index contributed by atoms with van der Waals surface area (Å²) in [5.74, 6) is 2.69. The van der Waals surface area contributed by atoms with Gasteiger partial charge in [-0.05, 0) is 163 Å². The Morgan fingerprint density at radius 2 is 1.55 bits per heavy atom. The molecule has 7 nitrogen and oxygen atoms in total. The lowest BCUT2D eigenvalue weighted by molar-refractivity contribution is -0.232. The average Bonchev–Trinajstić information content (AvgIpc) is 3.73. The Balaban J connectivity index is 1.14. The van der Waals surface area contributed by atoms with Gasteiger partial charge >= 0.3 is 11.9 Å². The first-order valence-electron chi connectivity index (χ1n) is 21.2. The molecular formula is C47H67ClN2O5. The van der Waals surface area contributed by atoms with Gasteiger partial charge in [0.25, 0.3) is 0 Å². The highest BCUT2D eigenvalue weighted by Crippen LogP contribution is 2.77. The summed E-state index contributed by atoms with van der Waals surface area (Å²) in [6.07, 6.45) is 10.8. The minimum atomic E-state index is -0.956. The number of carbonyl (C=O) groups excluding carboxylic acids is 2. The third-order valence-electron chi connectivity index (χ3n) is 16.3. The topological polar surface area (TPSA) is 91.5 Å². The van der Waals surface area contributed by atoms with Crippen LogP contribution in [-0.4, -0.2) is 33.8 Å². The molecule has 0 unspecified atom stereocenters. The third-order valence-corrected chi connectivity index (χ3v) is 16.6. The van der Waals surface area contributed by atoms with Crippen molar-refractivity contribution in [3.63, 3.8) is 0 Å². The van der Waals surface area contributed by atoms with Gasteiger partial charge in [0.2, 0.25) is 11.8 Å². The van der Waals surface area contributed by atoms with Crippen molar-refractivity contribution in [2.45, 2.75) is 171 Å². The summed E-state index contributed by atoms with van der Waals surface area (Å²) in [6, 6.07) is 7.69. The van der Waals surface area contributed by atoms with Gasteiger partial charge in [-0.25, -0.2) is 0 Å². The van der Waals surface area contributed by atoms with Crippen LogP contribution in [0.15, 0.2) is 39.8 Å². The van der Waals surface area contributed by atoms with Crippen LogP contribution in [0, 0.1) is 50.7 Å².